The molecule has 1 heterocycles. The molecule has 2 nitrogen and oxygen atoms in total. The Labute approximate surface area is 91.7 Å². The van der Waals surface area contributed by atoms with Crippen LogP contribution in [0, 0.1) is 18.6 Å². The fourth-order valence-corrected chi connectivity index (χ4v) is 1.62. The number of nitrogens with two attached hydrogens (primary N) is 1. The van der Waals surface area contributed by atoms with Gasteiger partial charge in [-0.15, -0.1) is 0 Å². The predicted octanol–water partition coefficient (Wildman–Crippen LogP) is 2.92. The van der Waals surface area contributed by atoms with Crippen LogP contribution in [0.15, 0.2) is 30.5 Å². The molecule has 0 amide bonds. The lowest BCUT2D eigenvalue weighted by Gasteiger charge is -2.09. The van der Waals surface area contributed by atoms with Crippen molar-refractivity contribution in [3.8, 4) is 11.1 Å². The van der Waals surface area contributed by atoms with Crippen LogP contribution < -0.4 is 5.73 Å². The summed E-state index contributed by atoms with van der Waals surface area (Å²) < 4.78 is 26.4. The molecule has 0 spiro atoms. The molecule has 0 fully saturated rings. The molecular formula is C12H10F2N2. The summed E-state index contributed by atoms with van der Waals surface area (Å²) in [6.45, 7) is 1.80. The summed E-state index contributed by atoms with van der Waals surface area (Å²) in [5.74, 6) is -1.00. The van der Waals surface area contributed by atoms with Crippen LogP contribution in [0.1, 0.15) is 5.56 Å². The van der Waals surface area contributed by atoms with Crippen LogP contribution in [-0.2, 0) is 0 Å². The van der Waals surface area contributed by atoms with Crippen molar-refractivity contribution in [2.24, 2.45) is 0 Å². The van der Waals surface area contributed by atoms with Crippen LogP contribution in [0.2, 0.25) is 0 Å². The van der Waals surface area contributed by atoms with Crippen molar-refractivity contribution in [2.75, 3.05) is 5.73 Å². The van der Waals surface area contributed by atoms with Crippen LogP contribution in [-0.4, -0.2) is 4.98 Å². The second kappa shape index (κ2) is 3.89. The first kappa shape index (κ1) is 10.5. The molecule has 82 valence electrons. The summed E-state index contributed by atoms with van der Waals surface area (Å²) in [5.41, 5.74) is 7.27. The van der Waals surface area contributed by atoms with Gasteiger partial charge in [-0.05, 0) is 30.7 Å². The SMILES string of the molecule is Cc1ccnc(N)c1-c1ccc(F)cc1F. The Kier molecular flexibility index (Phi) is 2.56. The molecule has 2 rings (SSSR count). The molecule has 16 heavy (non-hydrogen) atoms. The fraction of sp³-hybridized carbons (Fsp3) is 0.0833. The second-order valence-electron chi connectivity index (χ2n) is 3.51. The fourth-order valence-electron chi connectivity index (χ4n) is 1.62. The number of anilines is 1. The summed E-state index contributed by atoms with van der Waals surface area (Å²) >= 11 is 0. The number of pyridine rings is 1. The highest BCUT2D eigenvalue weighted by Gasteiger charge is 2.12. The van der Waals surface area contributed by atoms with Crippen molar-refractivity contribution >= 4 is 5.82 Å². The Balaban J connectivity index is 2.68. The van der Waals surface area contributed by atoms with Crippen molar-refractivity contribution in [2.45, 2.75) is 6.92 Å². The number of aryl methyl sites for hydroxylation is 1. The number of nitrogens with zero attached hydrogens (tertiary/aromatic N) is 1. The number of rotatable bonds is 1. The first-order chi connectivity index (χ1) is 7.59. The lowest BCUT2D eigenvalue weighted by molar-refractivity contribution is 0.585. The summed E-state index contributed by atoms with van der Waals surface area (Å²) in [7, 11) is 0. The van der Waals surface area contributed by atoms with Gasteiger partial charge in [0.25, 0.3) is 0 Å². The van der Waals surface area contributed by atoms with E-state index in [1.54, 1.807) is 19.2 Å². The minimum atomic E-state index is -0.636. The summed E-state index contributed by atoms with van der Waals surface area (Å²) in [5, 5.41) is 0. The van der Waals surface area contributed by atoms with Gasteiger partial charge in [0.1, 0.15) is 17.5 Å². The molecule has 0 saturated heterocycles. The van der Waals surface area contributed by atoms with Crippen LogP contribution in [0.25, 0.3) is 11.1 Å². The zero-order valence-electron chi connectivity index (χ0n) is 8.67. The Morgan fingerprint density at radius 3 is 2.56 bits per heavy atom. The van der Waals surface area contributed by atoms with Gasteiger partial charge in [-0.1, -0.05) is 0 Å². The van der Waals surface area contributed by atoms with E-state index in [-0.39, 0.29) is 11.4 Å². The van der Waals surface area contributed by atoms with E-state index in [1.807, 2.05) is 0 Å². The van der Waals surface area contributed by atoms with Gasteiger partial charge in [0.2, 0.25) is 0 Å². The first-order valence-electron chi connectivity index (χ1n) is 4.76. The van der Waals surface area contributed by atoms with Crippen molar-refractivity contribution in [1.29, 1.82) is 0 Å². The van der Waals surface area contributed by atoms with Gasteiger partial charge in [-0.3, -0.25) is 0 Å². The zero-order chi connectivity index (χ0) is 11.7. The largest absolute Gasteiger partial charge is 0.383 e. The minimum absolute atomic E-state index is 0.241. The Bertz CT molecular complexity index is 518. The molecule has 1 aromatic carbocycles. The van der Waals surface area contributed by atoms with Crippen molar-refractivity contribution in [3.63, 3.8) is 0 Å². The first-order valence-corrected chi connectivity index (χ1v) is 4.76. The number of hydrogen-bond donors (Lipinski definition) is 1. The third-order valence-electron chi connectivity index (χ3n) is 2.39. The third kappa shape index (κ3) is 1.74. The van der Waals surface area contributed by atoms with Gasteiger partial charge in [0.05, 0.1) is 0 Å². The molecule has 2 aromatic rings. The molecular weight excluding hydrogens is 210 g/mol. The summed E-state index contributed by atoms with van der Waals surface area (Å²) in [6.07, 6.45) is 1.55. The monoisotopic (exact) mass is 220 g/mol. The number of hydrogen-bond acceptors (Lipinski definition) is 2. The van der Waals surface area contributed by atoms with E-state index >= 15 is 0 Å². The average Bonchev–Trinajstić information content (AvgIpc) is 2.20. The highest BCUT2D eigenvalue weighted by atomic mass is 19.1. The van der Waals surface area contributed by atoms with Crippen LogP contribution in [0.4, 0.5) is 14.6 Å². The lowest BCUT2D eigenvalue weighted by atomic mass is 10.0. The molecule has 2 N–H and O–H groups in total. The standard InChI is InChI=1S/C12H10F2N2/c1-7-4-5-16-12(15)11(7)9-3-2-8(13)6-10(9)14/h2-6H,1H3,(H2,15,16). The molecule has 0 aliphatic rings. The molecule has 0 atom stereocenters. The van der Waals surface area contributed by atoms with E-state index in [1.165, 1.54) is 12.1 Å². The lowest BCUT2D eigenvalue weighted by Crippen LogP contribution is -1.98. The molecule has 4 heteroatoms. The van der Waals surface area contributed by atoms with Crippen LogP contribution in [0.3, 0.4) is 0 Å². The average molecular weight is 220 g/mol. The topological polar surface area (TPSA) is 38.9 Å². The zero-order valence-corrected chi connectivity index (χ0v) is 8.67. The summed E-state index contributed by atoms with van der Waals surface area (Å²) in [4.78, 5) is 3.90. The maximum Gasteiger partial charge on any atom is 0.134 e. The third-order valence-corrected chi connectivity index (χ3v) is 2.39. The molecule has 0 unspecified atom stereocenters. The van der Waals surface area contributed by atoms with E-state index in [4.69, 9.17) is 5.73 Å². The summed E-state index contributed by atoms with van der Waals surface area (Å²) in [6, 6.07) is 5.13. The van der Waals surface area contributed by atoms with Gasteiger partial charge >= 0.3 is 0 Å². The highest BCUT2D eigenvalue weighted by molar-refractivity contribution is 5.77. The van der Waals surface area contributed by atoms with Crippen LogP contribution >= 0.6 is 0 Å². The number of nitrogen functional groups attached to an aromatic ring is 1. The van der Waals surface area contributed by atoms with E-state index in [0.717, 1.165) is 11.6 Å². The van der Waals surface area contributed by atoms with E-state index in [2.05, 4.69) is 4.98 Å². The maximum atomic E-state index is 13.6. The maximum absolute atomic E-state index is 13.6. The smallest absolute Gasteiger partial charge is 0.134 e. The number of aromatic nitrogens is 1. The van der Waals surface area contributed by atoms with Crippen LogP contribution in [0.5, 0.6) is 0 Å². The Hall–Kier alpha value is -1.97. The predicted molar refractivity (Wildman–Crippen MR) is 58.7 cm³/mol. The quantitative estimate of drug-likeness (QED) is 0.802. The number of benzene rings is 1. The highest BCUT2D eigenvalue weighted by Crippen LogP contribution is 2.30. The van der Waals surface area contributed by atoms with Gasteiger partial charge in [0, 0.05) is 23.4 Å². The Morgan fingerprint density at radius 2 is 1.94 bits per heavy atom. The second-order valence-corrected chi connectivity index (χ2v) is 3.51. The van der Waals surface area contributed by atoms with E-state index in [9.17, 15) is 8.78 Å². The molecule has 0 bridgehead atoms. The molecule has 1 aromatic heterocycles. The molecule has 0 aliphatic heterocycles. The van der Waals surface area contributed by atoms with Crippen molar-refractivity contribution in [1.82, 2.24) is 4.98 Å². The molecule has 0 aliphatic carbocycles. The molecule has 0 radical (unpaired) electrons. The Morgan fingerprint density at radius 1 is 1.19 bits per heavy atom. The number of halogens is 2. The van der Waals surface area contributed by atoms with Crippen molar-refractivity contribution in [3.05, 3.63) is 47.7 Å². The normalized spacial score (nSPS) is 10.4. The van der Waals surface area contributed by atoms with Gasteiger partial charge in [-0.25, -0.2) is 13.8 Å². The van der Waals surface area contributed by atoms with E-state index < -0.39 is 11.6 Å². The van der Waals surface area contributed by atoms with Gasteiger partial charge in [-0.2, -0.15) is 0 Å². The van der Waals surface area contributed by atoms with E-state index in [0.29, 0.717) is 5.56 Å². The van der Waals surface area contributed by atoms with Gasteiger partial charge < -0.3 is 5.73 Å². The molecule has 0 saturated carbocycles. The van der Waals surface area contributed by atoms with Gasteiger partial charge in [0.15, 0.2) is 0 Å². The van der Waals surface area contributed by atoms with Crippen molar-refractivity contribution < 1.29 is 8.78 Å². The minimum Gasteiger partial charge on any atom is -0.383 e.